The highest BCUT2D eigenvalue weighted by Crippen LogP contribution is 2.20. The highest BCUT2D eigenvalue weighted by Gasteiger charge is 2.09. The molecule has 0 unspecified atom stereocenters. The maximum atomic E-state index is 12.3. The van der Waals surface area contributed by atoms with Crippen molar-refractivity contribution >= 4 is 33.4 Å². The molecule has 0 atom stereocenters. The van der Waals surface area contributed by atoms with Gasteiger partial charge in [-0.1, -0.05) is 36.4 Å². The Balaban J connectivity index is 1.57. The van der Waals surface area contributed by atoms with Crippen molar-refractivity contribution in [2.75, 3.05) is 5.43 Å². The van der Waals surface area contributed by atoms with E-state index in [9.17, 15) is 4.79 Å². The van der Waals surface area contributed by atoms with Crippen LogP contribution in [0.2, 0.25) is 0 Å². The Morgan fingerprint density at radius 3 is 2.74 bits per heavy atom. The second-order valence-corrected chi connectivity index (χ2v) is 5.23. The molecule has 0 aliphatic rings. The number of nitrogens with one attached hydrogen (secondary N) is 3. The van der Waals surface area contributed by atoms with E-state index in [-0.39, 0.29) is 5.91 Å². The van der Waals surface area contributed by atoms with Crippen molar-refractivity contribution in [1.82, 2.24) is 15.4 Å². The molecule has 112 valence electrons. The fourth-order valence-electron chi connectivity index (χ4n) is 2.59. The Kier molecular flexibility index (Phi) is 3.16. The maximum absolute atomic E-state index is 12.3. The second-order valence-electron chi connectivity index (χ2n) is 5.23. The summed E-state index contributed by atoms with van der Waals surface area (Å²) in [5.41, 5.74) is 8.82. The lowest BCUT2D eigenvalue weighted by molar-refractivity contribution is 0.0958. The largest absolute Gasteiger partial charge is 0.350 e. The Labute approximate surface area is 132 Å². The first kappa shape index (κ1) is 13.3. The summed E-state index contributed by atoms with van der Waals surface area (Å²) >= 11 is 0. The van der Waals surface area contributed by atoms with Gasteiger partial charge in [0.15, 0.2) is 0 Å². The first-order valence-electron chi connectivity index (χ1n) is 7.29. The number of carbonyl (C=O) groups is 1. The van der Waals surface area contributed by atoms with Crippen LogP contribution in [0.3, 0.4) is 0 Å². The molecule has 2 aromatic carbocycles. The van der Waals surface area contributed by atoms with Crippen LogP contribution in [-0.2, 0) is 0 Å². The molecule has 1 amide bonds. The standard InChI is InChI=1S/C18H14N4O/c23-18(17-11-12-5-1-3-7-14(12)20-17)22-21-16-9-10-19-15-8-4-2-6-13(15)16/h1-11,20H,(H,19,21)(H,22,23). The molecular formula is C18H14N4O. The number of para-hydroxylation sites is 2. The van der Waals surface area contributed by atoms with Crippen LogP contribution in [0, 0.1) is 0 Å². The Bertz CT molecular complexity index is 968. The molecule has 0 aliphatic carbocycles. The van der Waals surface area contributed by atoms with Gasteiger partial charge in [0.05, 0.1) is 11.2 Å². The lowest BCUT2D eigenvalue weighted by Crippen LogP contribution is -2.29. The molecule has 0 bridgehead atoms. The smallest absolute Gasteiger partial charge is 0.286 e. The van der Waals surface area contributed by atoms with Crippen LogP contribution in [0.15, 0.2) is 66.9 Å². The number of rotatable bonds is 3. The SMILES string of the molecule is O=C(NNc1ccnc2ccccc12)c1cc2ccccc2[nH]1. The van der Waals surface area contributed by atoms with E-state index in [0.29, 0.717) is 5.69 Å². The van der Waals surface area contributed by atoms with Crippen LogP contribution in [-0.4, -0.2) is 15.9 Å². The van der Waals surface area contributed by atoms with E-state index >= 15 is 0 Å². The first-order valence-corrected chi connectivity index (χ1v) is 7.29. The second kappa shape index (κ2) is 5.46. The van der Waals surface area contributed by atoms with E-state index in [2.05, 4.69) is 20.8 Å². The summed E-state index contributed by atoms with van der Waals surface area (Å²) in [6.45, 7) is 0. The monoisotopic (exact) mass is 302 g/mol. The van der Waals surface area contributed by atoms with Gasteiger partial charge in [0.25, 0.3) is 5.91 Å². The number of fused-ring (bicyclic) bond motifs is 2. The van der Waals surface area contributed by atoms with Gasteiger partial charge in [-0.05, 0) is 24.3 Å². The van der Waals surface area contributed by atoms with E-state index in [1.165, 1.54) is 0 Å². The van der Waals surface area contributed by atoms with Crippen molar-refractivity contribution in [3.63, 3.8) is 0 Å². The molecular weight excluding hydrogens is 288 g/mol. The van der Waals surface area contributed by atoms with Crippen molar-refractivity contribution < 1.29 is 4.79 Å². The number of hydrazine groups is 1. The van der Waals surface area contributed by atoms with Crippen LogP contribution in [0.25, 0.3) is 21.8 Å². The van der Waals surface area contributed by atoms with Gasteiger partial charge >= 0.3 is 0 Å². The minimum Gasteiger partial charge on any atom is -0.350 e. The summed E-state index contributed by atoms with van der Waals surface area (Å²) in [5, 5.41) is 1.96. The number of H-pyrrole nitrogens is 1. The summed E-state index contributed by atoms with van der Waals surface area (Å²) in [6, 6.07) is 19.2. The molecule has 2 aromatic heterocycles. The number of amides is 1. The van der Waals surface area contributed by atoms with Crippen molar-refractivity contribution in [2.24, 2.45) is 0 Å². The molecule has 4 aromatic rings. The van der Waals surface area contributed by atoms with Crippen molar-refractivity contribution in [3.8, 4) is 0 Å². The third-order valence-electron chi connectivity index (χ3n) is 3.73. The number of carbonyl (C=O) groups excluding carboxylic acids is 1. The molecule has 0 aliphatic heterocycles. The van der Waals surface area contributed by atoms with Gasteiger partial charge < -0.3 is 4.98 Å². The Morgan fingerprint density at radius 1 is 1.00 bits per heavy atom. The Hall–Kier alpha value is -3.34. The molecule has 3 N–H and O–H groups in total. The fraction of sp³-hybridized carbons (Fsp3) is 0. The number of aromatic nitrogens is 2. The average molecular weight is 302 g/mol. The number of pyridine rings is 1. The number of nitrogens with zero attached hydrogens (tertiary/aromatic N) is 1. The summed E-state index contributed by atoms with van der Waals surface area (Å²) in [7, 11) is 0. The van der Waals surface area contributed by atoms with E-state index < -0.39 is 0 Å². The van der Waals surface area contributed by atoms with Gasteiger partial charge in [-0.2, -0.15) is 0 Å². The average Bonchev–Trinajstić information content (AvgIpc) is 3.04. The Morgan fingerprint density at radius 2 is 1.83 bits per heavy atom. The molecule has 2 heterocycles. The minimum absolute atomic E-state index is 0.220. The molecule has 23 heavy (non-hydrogen) atoms. The van der Waals surface area contributed by atoms with Gasteiger partial charge in [0.2, 0.25) is 0 Å². The predicted molar refractivity (Wildman–Crippen MR) is 91.1 cm³/mol. The normalized spacial score (nSPS) is 10.8. The number of hydrogen-bond donors (Lipinski definition) is 3. The zero-order valence-electron chi connectivity index (χ0n) is 12.2. The molecule has 0 saturated carbocycles. The number of hydrogen-bond acceptors (Lipinski definition) is 3. The zero-order chi connectivity index (χ0) is 15.6. The fourth-order valence-corrected chi connectivity index (χ4v) is 2.59. The maximum Gasteiger partial charge on any atom is 0.286 e. The molecule has 5 heteroatoms. The lowest BCUT2D eigenvalue weighted by atomic mass is 10.2. The van der Waals surface area contributed by atoms with Gasteiger partial charge in [0.1, 0.15) is 5.69 Å². The summed E-state index contributed by atoms with van der Waals surface area (Å²) in [5.74, 6) is -0.220. The highest BCUT2D eigenvalue weighted by molar-refractivity contribution is 5.99. The lowest BCUT2D eigenvalue weighted by Gasteiger charge is -2.10. The molecule has 0 spiro atoms. The van der Waals surface area contributed by atoms with E-state index in [0.717, 1.165) is 27.5 Å². The number of aromatic amines is 1. The molecule has 0 radical (unpaired) electrons. The van der Waals surface area contributed by atoms with Crippen molar-refractivity contribution in [1.29, 1.82) is 0 Å². The van der Waals surface area contributed by atoms with Crippen LogP contribution in [0.1, 0.15) is 10.5 Å². The van der Waals surface area contributed by atoms with Gasteiger partial charge in [-0.3, -0.25) is 20.6 Å². The number of benzene rings is 2. The van der Waals surface area contributed by atoms with Crippen LogP contribution in [0.5, 0.6) is 0 Å². The van der Waals surface area contributed by atoms with E-state index in [4.69, 9.17) is 0 Å². The zero-order valence-corrected chi connectivity index (χ0v) is 12.2. The van der Waals surface area contributed by atoms with Gasteiger partial charge in [-0.15, -0.1) is 0 Å². The summed E-state index contributed by atoms with van der Waals surface area (Å²) in [6.07, 6.45) is 1.71. The van der Waals surface area contributed by atoms with Crippen LogP contribution >= 0.6 is 0 Å². The molecule has 0 fully saturated rings. The van der Waals surface area contributed by atoms with Crippen LogP contribution in [0.4, 0.5) is 5.69 Å². The van der Waals surface area contributed by atoms with Crippen LogP contribution < -0.4 is 10.9 Å². The topological polar surface area (TPSA) is 69.8 Å². The minimum atomic E-state index is -0.220. The van der Waals surface area contributed by atoms with Gasteiger partial charge in [-0.25, -0.2) is 0 Å². The van der Waals surface area contributed by atoms with E-state index in [1.54, 1.807) is 6.20 Å². The predicted octanol–water partition coefficient (Wildman–Crippen LogP) is 3.47. The molecule has 4 rings (SSSR count). The molecule has 0 saturated heterocycles. The summed E-state index contributed by atoms with van der Waals surface area (Å²) in [4.78, 5) is 19.7. The highest BCUT2D eigenvalue weighted by atomic mass is 16.2. The summed E-state index contributed by atoms with van der Waals surface area (Å²) < 4.78 is 0. The van der Waals surface area contributed by atoms with Crippen molar-refractivity contribution in [2.45, 2.75) is 0 Å². The van der Waals surface area contributed by atoms with E-state index in [1.807, 2.05) is 60.7 Å². The van der Waals surface area contributed by atoms with Crippen molar-refractivity contribution in [3.05, 3.63) is 72.6 Å². The molecule has 5 nitrogen and oxygen atoms in total. The first-order chi connectivity index (χ1) is 11.3. The third kappa shape index (κ3) is 2.48. The quantitative estimate of drug-likeness (QED) is 0.507. The third-order valence-corrected chi connectivity index (χ3v) is 3.73. The van der Waals surface area contributed by atoms with Gasteiger partial charge in [0, 0.05) is 22.5 Å². The number of anilines is 1.